The number of carbonyl (C=O) groups is 1. The van der Waals surface area contributed by atoms with Gasteiger partial charge in [-0.25, -0.2) is 9.79 Å². The lowest BCUT2D eigenvalue weighted by Gasteiger charge is -2.07. The molecule has 0 atom stereocenters. The largest absolute Gasteiger partial charge is 0.512 e. The number of allylic oxidation sites excluding steroid dienone is 1. The van der Waals surface area contributed by atoms with Crippen LogP contribution in [0.2, 0.25) is 5.02 Å². The van der Waals surface area contributed by atoms with Crippen molar-refractivity contribution in [3.05, 3.63) is 39.0 Å². The smallest absolute Gasteiger partial charge is 0.341 e. The number of hydrogen-bond donors (Lipinski definition) is 2. The number of halogens is 2. The normalized spacial score (nSPS) is 13.2. The van der Waals surface area contributed by atoms with E-state index < -0.39 is 5.97 Å². The Morgan fingerprint density at radius 1 is 1.42 bits per heavy atom. The van der Waals surface area contributed by atoms with Crippen LogP contribution in [0.25, 0.3) is 0 Å². The molecule has 1 aromatic carbocycles. The monoisotopic (exact) mass is 363 g/mol. The van der Waals surface area contributed by atoms with Gasteiger partial charge in [0, 0.05) is 9.50 Å². The molecule has 4 nitrogen and oxygen atoms in total. The number of aliphatic hydroxyl groups excluding tert-OH is 1. The molecular formula is C12H11BrClNO3S. The van der Waals surface area contributed by atoms with Crippen LogP contribution < -0.4 is 0 Å². The highest BCUT2D eigenvalue weighted by atomic mass is 79.9. The van der Waals surface area contributed by atoms with Gasteiger partial charge in [0.2, 0.25) is 0 Å². The number of benzene rings is 1. The number of thioether (sulfide) groups is 1. The number of rotatable bonds is 3. The summed E-state index contributed by atoms with van der Waals surface area (Å²) in [5, 5.41) is 19.2. The molecule has 0 spiro atoms. The Morgan fingerprint density at radius 3 is 2.53 bits per heavy atom. The fourth-order valence-corrected chi connectivity index (χ4v) is 2.42. The van der Waals surface area contributed by atoms with E-state index in [1.54, 1.807) is 24.5 Å². The summed E-state index contributed by atoms with van der Waals surface area (Å²) in [6.07, 6.45) is 1.68. The third-order valence-electron chi connectivity index (χ3n) is 2.11. The molecule has 0 aliphatic carbocycles. The van der Waals surface area contributed by atoms with Crippen LogP contribution in [0.4, 0.5) is 5.69 Å². The van der Waals surface area contributed by atoms with Crippen LogP contribution in [0.1, 0.15) is 6.92 Å². The van der Waals surface area contributed by atoms with Gasteiger partial charge in [0.05, 0.1) is 5.69 Å². The quantitative estimate of drug-likeness (QED) is 0.361. The van der Waals surface area contributed by atoms with Crippen molar-refractivity contribution in [3.8, 4) is 0 Å². The number of aliphatic carboxylic acids is 1. The van der Waals surface area contributed by atoms with E-state index in [2.05, 4.69) is 20.9 Å². The lowest BCUT2D eigenvalue weighted by Crippen LogP contribution is -2.11. The van der Waals surface area contributed by atoms with E-state index in [1.165, 1.54) is 6.92 Å². The standard InChI is InChI=1S/C12H11BrClNO3S/c1-6(16)10(12(17)18)11(19-2)15-9-5-7(14)3-4-8(9)13/h3-5,16H,1-2H3,(H,17,18). The summed E-state index contributed by atoms with van der Waals surface area (Å²) in [5.74, 6) is -1.52. The van der Waals surface area contributed by atoms with Gasteiger partial charge in [-0.3, -0.25) is 0 Å². The van der Waals surface area contributed by atoms with Gasteiger partial charge in [-0.2, -0.15) is 0 Å². The first-order valence-electron chi connectivity index (χ1n) is 5.08. The predicted octanol–water partition coefficient (Wildman–Crippen LogP) is 4.41. The van der Waals surface area contributed by atoms with Gasteiger partial charge < -0.3 is 10.2 Å². The van der Waals surface area contributed by atoms with E-state index in [-0.39, 0.29) is 16.4 Å². The first-order valence-corrected chi connectivity index (χ1v) is 7.47. The molecule has 0 fully saturated rings. The molecule has 0 aliphatic rings. The Labute approximate surface area is 128 Å². The summed E-state index contributed by atoms with van der Waals surface area (Å²) in [6, 6.07) is 5.01. The van der Waals surface area contributed by atoms with Gasteiger partial charge in [0.25, 0.3) is 0 Å². The molecule has 7 heteroatoms. The zero-order valence-corrected chi connectivity index (χ0v) is 13.3. The Balaban J connectivity index is 3.37. The number of carboxylic acid groups (broad SMARTS) is 1. The van der Waals surface area contributed by atoms with Crippen molar-refractivity contribution in [2.45, 2.75) is 6.92 Å². The Morgan fingerprint density at radius 2 is 2.05 bits per heavy atom. The minimum Gasteiger partial charge on any atom is -0.512 e. The summed E-state index contributed by atoms with van der Waals surface area (Å²) in [7, 11) is 0. The molecule has 1 aromatic rings. The maximum absolute atomic E-state index is 11.1. The first-order chi connectivity index (χ1) is 8.86. The number of hydrogen-bond acceptors (Lipinski definition) is 4. The molecular weight excluding hydrogens is 354 g/mol. The van der Waals surface area contributed by atoms with E-state index >= 15 is 0 Å². The van der Waals surface area contributed by atoms with Crippen LogP contribution in [-0.2, 0) is 4.79 Å². The van der Waals surface area contributed by atoms with Crippen LogP contribution in [0.5, 0.6) is 0 Å². The average molecular weight is 365 g/mol. The maximum Gasteiger partial charge on any atom is 0.341 e. The molecule has 0 unspecified atom stereocenters. The maximum atomic E-state index is 11.1. The van der Waals surface area contributed by atoms with Crippen molar-refractivity contribution in [1.29, 1.82) is 0 Å². The topological polar surface area (TPSA) is 69.9 Å². The Bertz CT molecular complexity index is 568. The van der Waals surface area contributed by atoms with E-state index in [0.717, 1.165) is 11.8 Å². The van der Waals surface area contributed by atoms with Crippen molar-refractivity contribution in [3.63, 3.8) is 0 Å². The lowest BCUT2D eigenvalue weighted by molar-refractivity contribution is -0.132. The lowest BCUT2D eigenvalue weighted by atomic mass is 10.2. The summed E-state index contributed by atoms with van der Waals surface area (Å²) < 4.78 is 0.684. The molecule has 0 bridgehead atoms. The Hall–Kier alpha value is -0.980. The molecule has 0 aliphatic heterocycles. The number of aliphatic imine (C=N–C) groups is 1. The molecule has 1 rings (SSSR count). The zero-order valence-electron chi connectivity index (χ0n) is 10.1. The van der Waals surface area contributed by atoms with Gasteiger partial charge in [0.1, 0.15) is 16.4 Å². The van der Waals surface area contributed by atoms with Crippen molar-refractivity contribution >= 4 is 56.0 Å². The van der Waals surface area contributed by atoms with E-state index in [4.69, 9.17) is 16.7 Å². The van der Waals surface area contributed by atoms with E-state index in [1.807, 2.05) is 0 Å². The van der Waals surface area contributed by atoms with Crippen LogP contribution >= 0.6 is 39.3 Å². The van der Waals surface area contributed by atoms with E-state index in [0.29, 0.717) is 15.2 Å². The second kappa shape index (κ2) is 6.98. The number of nitrogens with zero attached hydrogens (tertiary/aromatic N) is 1. The summed E-state index contributed by atoms with van der Waals surface area (Å²) in [4.78, 5) is 15.4. The molecule has 0 heterocycles. The molecule has 0 radical (unpaired) electrons. The molecule has 0 saturated heterocycles. The van der Waals surface area contributed by atoms with Crippen molar-refractivity contribution in [1.82, 2.24) is 0 Å². The summed E-state index contributed by atoms with van der Waals surface area (Å²) in [6.45, 7) is 1.31. The SMILES string of the molecule is CSC(=Nc1cc(Cl)ccc1Br)C(C(=O)O)=C(C)O. The zero-order chi connectivity index (χ0) is 14.6. The van der Waals surface area contributed by atoms with Crippen molar-refractivity contribution in [2.24, 2.45) is 4.99 Å². The third-order valence-corrected chi connectivity index (χ3v) is 3.70. The molecule has 19 heavy (non-hydrogen) atoms. The van der Waals surface area contributed by atoms with Crippen molar-refractivity contribution in [2.75, 3.05) is 6.26 Å². The molecule has 0 saturated carbocycles. The van der Waals surface area contributed by atoms with Gasteiger partial charge in [-0.1, -0.05) is 11.6 Å². The summed E-state index contributed by atoms with van der Waals surface area (Å²) in [5.41, 5.74) is 0.274. The highest BCUT2D eigenvalue weighted by Crippen LogP contribution is 2.30. The van der Waals surface area contributed by atoms with Gasteiger partial charge in [-0.05, 0) is 47.3 Å². The average Bonchev–Trinajstić information content (AvgIpc) is 2.31. The van der Waals surface area contributed by atoms with E-state index in [9.17, 15) is 9.90 Å². The van der Waals surface area contributed by atoms with Gasteiger partial charge >= 0.3 is 5.97 Å². The minimum absolute atomic E-state index is 0.204. The fourth-order valence-electron chi connectivity index (χ4n) is 1.29. The molecule has 2 N–H and O–H groups in total. The predicted molar refractivity (Wildman–Crippen MR) is 82.7 cm³/mol. The first kappa shape index (κ1) is 16.1. The highest BCUT2D eigenvalue weighted by molar-refractivity contribution is 9.10. The van der Waals surface area contributed by atoms with Crippen molar-refractivity contribution < 1.29 is 15.0 Å². The van der Waals surface area contributed by atoms with Crippen LogP contribution in [0, 0.1) is 0 Å². The van der Waals surface area contributed by atoms with Gasteiger partial charge in [0.15, 0.2) is 0 Å². The van der Waals surface area contributed by atoms with Crippen LogP contribution in [0.15, 0.2) is 39.0 Å². The van der Waals surface area contributed by atoms with Crippen LogP contribution in [0.3, 0.4) is 0 Å². The highest BCUT2D eigenvalue weighted by Gasteiger charge is 2.18. The second-order valence-electron chi connectivity index (χ2n) is 3.48. The molecule has 0 aromatic heterocycles. The Kier molecular flexibility index (Phi) is 5.90. The molecule has 0 amide bonds. The number of carboxylic acids is 1. The molecule has 102 valence electrons. The second-order valence-corrected chi connectivity index (χ2v) is 5.57. The van der Waals surface area contributed by atoms with Crippen LogP contribution in [-0.4, -0.2) is 27.5 Å². The fraction of sp³-hybridized carbons (Fsp3) is 0.167. The van der Waals surface area contributed by atoms with Gasteiger partial charge in [-0.15, -0.1) is 11.8 Å². The number of aliphatic hydroxyl groups is 1. The minimum atomic E-state index is -1.23. The summed E-state index contributed by atoms with van der Waals surface area (Å²) >= 11 is 10.3. The third kappa shape index (κ3) is 4.26.